The highest BCUT2D eigenvalue weighted by molar-refractivity contribution is 6.31. The summed E-state index contributed by atoms with van der Waals surface area (Å²) in [6.07, 6.45) is 0. The molecular weight excluding hydrogens is 915 g/mol. The Labute approximate surface area is 432 Å². The molecule has 0 aliphatic heterocycles. The molecule has 0 amide bonds. The summed E-state index contributed by atoms with van der Waals surface area (Å²) < 4.78 is 0. The second-order valence-electron chi connectivity index (χ2n) is 18.7. The first kappa shape index (κ1) is 51.3. The lowest BCUT2D eigenvalue weighted by atomic mass is 9.97. The molecule has 0 N–H and O–H groups in total. The normalized spacial score (nSPS) is 10.7. The number of anilines is 6. The Hall–Kier alpha value is -6.55. The van der Waals surface area contributed by atoms with Crippen molar-refractivity contribution in [2.75, 3.05) is 9.80 Å². The Balaban J connectivity index is 0.000000187. The second kappa shape index (κ2) is 22.9. The van der Waals surface area contributed by atoms with E-state index in [9.17, 15) is 0 Å². The van der Waals surface area contributed by atoms with Gasteiger partial charge < -0.3 is 9.80 Å². The summed E-state index contributed by atoms with van der Waals surface area (Å²) >= 11 is 18.0. The minimum absolute atomic E-state index is 0.745. The molecule has 0 unspecified atom stereocenters. The fourth-order valence-corrected chi connectivity index (χ4v) is 9.76. The van der Waals surface area contributed by atoms with Crippen molar-refractivity contribution in [3.8, 4) is 22.3 Å². The van der Waals surface area contributed by atoms with Crippen LogP contribution in [0.25, 0.3) is 22.3 Å². The van der Waals surface area contributed by atoms with Crippen molar-refractivity contribution >= 4 is 68.9 Å². The molecule has 5 heteroatoms. The number of hydrogen-bond donors (Lipinski definition) is 0. The van der Waals surface area contributed by atoms with Gasteiger partial charge in [0.15, 0.2) is 0 Å². The van der Waals surface area contributed by atoms with Gasteiger partial charge in [-0.1, -0.05) is 154 Å². The molecule has 354 valence electrons. The Morgan fingerprint density at radius 2 is 0.500 bits per heavy atom. The number of aryl methyl sites for hydroxylation is 11. The van der Waals surface area contributed by atoms with Crippen LogP contribution in [0.5, 0.6) is 0 Å². The standard InChI is InChI=1S/C36H35N.C22H21Cl2N.C7H7Cl/c1-24-9-7-11-30(20-24)32-14-17-35(28(5)22-32)37(34-16-13-26(3)19-27(34)4)36-18-15-33(23-29(36)6)31-12-8-10-25(2)21-31;1-14-5-8-20(15(2)11-14)25(21-9-6-18(23)12-16(21)3)22-10-7-19(24)13-17(22)4;1-6-3-2-4-7(8)5-6/h7-23H,1-6H3;5-13H,1-4H3;2-5H,1H3. The number of hydrogen-bond acceptors (Lipinski definition) is 2. The predicted octanol–water partition coefficient (Wildman–Crippen LogP) is 20.7. The van der Waals surface area contributed by atoms with Gasteiger partial charge in [0.1, 0.15) is 0 Å². The summed E-state index contributed by atoms with van der Waals surface area (Å²) in [6, 6.07) is 64.2. The summed E-state index contributed by atoms with van der Waals surface area (Å²) in [5.41, 5.74) is 25.5. The van der Waals surface area contributed by atoms with Crippen molar-refractivity contribution in [3.05, 3.63) is 258 Å². The van der Waals surface area contributed by atoms with Crippen LogP contribution in [0.1, 0.15) is 61.2 Å². The van der Waals surface area contributed by atoms with E-state index in [1.165, 1.54) is 89.4 Å². The van der Waals surface area contributed by atoms with E-state index >= 15 is 0 Å². The maximum atomic E-state index is 6.18. The molecule has 9 rings (SSSR count). The quantitative estimate of drug-likeness (QED) is 0.150. The summed E-state index contributed by atoms with van der Waals surface area (Å²) in [7, 11) is 0. The van der Waals surface area contributed by atoms with Gasteiger partial charge >= 0.3 is 0 Å². The molecule has 0 fully saturated rings. The first-order chi connectivity index (χ1) is 33.4. The molecule has 0 radical (unpaired) electrons. The zero-order valence-corrected chi connectivity index (χ0v) is 44.6. The van der Waals surface area contributed by atoms with Crippen molar-refractivity contribution in [3.63, 3.8) is 0 Å². The van der Waals surface area contributed by atoms with Crippen LogP contribution in [0.3, 0.4) is 0 Å². The van der Waals surface area contributed by atoms with Crippen molar-refractivity contribution < 1.29 is 0 Å². The Morgan fingerprint density at radius 3 is 0.800 bits per heavy atom. The molecule has 70 heavy (non-hydrogen) atoms. The van der Waals surface area contributed by atoms with Crippen LogP contribution in [0.2, 0.25) is 15.1 Å². The molecule has 0 saturated heterocycles. The minimum atomic E-state index is 0.745. The Morgan fingerprint density at radius 1 is 0.229 bits per heavy atom. The van der Waals surface area contributed by atoms with E-state index in [1.54, 1.807) is 0 Å². The predicted molar refractivity (Wildman–Crippen MR) is 307 cm³/mol. The molecule has 0 saturated carbocycles. The molecule has 9 aromatic rings. The van der Waals surface area contributed by atoms with Crippen LogP contribution in [-0.2, 0) is 0 Å². The number of rotatable bonds is 8. The van der Waals surface area contributed by atoms with E-state index in [0.29, 0.717) is 0 Å². The van der Waals surface area contributed by atoms with Gasteiger partial charge in [-0.05, 0) is 222 Å². The van der Waals surface area contributed by atoms with Crippen LogP contribution in [0.15, 0.2) is 182 Å². The molecule has 9 aromatic carbocycles. The third-order valence-corrected chi connectivity index (χ3v) is 13.2. The van der Waals surface area contributed by atoms with E-state index in [4.69, 9.17) is 34.8 Å². The first-order valence-corrected chi connectivity index (χ1v) is 24.9. The third-order valence-electron chi connectivity index (χ3n) is 12.5. The smallest absolute Gasteiger partial charge is 0.0492 e. The van der Waals surface area contributed by atoms with Crippen LogP contribution in [0.4, 0.5) is 34.1 Å². The van der Waals surface area contributed by atoms with Crippen LogP contribution < -0.4 is 9.80 Å². The lowest BCUT2D eigenvalue weighted by Gasteiger charge is -2.30. The van der Waals surface area contributed by atoms with Gasteiger partial charge in [-0.25, -0.2) is 0 Å². The van der Waals surface area contributed by atoms with Gasteiger partial charge in [0.2, 0.25) is 0 Å². The molecule has 0 aliphatic rings. The van der Waals surface area contributed by atoms with Crippen molar-refractivity contribution in [1.29, 1.82) is 0 Å². The van der Waals surface area contributed by atoms with Gasteiger partial charge in [-0.15, -0.1) is 0 Å². The SMILES string of the molecule is Cc1ccc(N(c2ccc(Cl)cc2C)c2ccc(Cl)cc2C)c(C)c1.Cc1cccc(-c2ccc(N(c3ccc(C)cc3C)c3ccc(-c4cccc(C)c4)cc3C)c(C)c2)c1.Cc1cccc(Cl)c1. The van der Waals surface area contributed by atoms with Crippen LogP contribution in [0, 0.1) is 76.2 Å². The highest BCUT2D eigenvalue weighted by atomic mass is 35.5. The van der Waals surface area contributed by atoms with Gasteiger partial charge in [0, 0.05) is 49.2 Å². The first-order valence-electron chi connectivity index (χ1n) is 23.8. The van der Waals surface area contributed by atoms with Crippen molar-refractivity contribution in [2.24, 2.45) is 0 Å². The van der Waals surface area contributed by atoms with Crippen LogP contribution in [-0.4, -0.2) is 0 Å². The Kier molecular flexibility index (Phi) is 16.8. The molecule has 0 atom stereocenters. The molecule has 0 aliphatic carbocycles. The Bertz CT molecular complexity index is 3060. The zero-order chi connectivity index (χ0) is 50.2. The summed E-state index contributed by atoms with van der Waals surface area (Å²) in [5.74, 6) is 0. The average molecular weight is 979 g/mol. The highest BCUT2D eigenvalue weighted by Crippen LogP contribution is 2.43. The fraction of sp³-hybridized carbons (Fsp3) is 0.169. The molecule has 0 heterocycles. The number of benzene rings is 9. The summed E-state index contributed by atoms with van der Waals surface area (Å²) in [4.78, 5) is 4.71. The molecule has 0 spiro atoms. The molecular formula is C65H63Cl3N2. The van der Waals surface area contributed by atoms with Crippen molar-refractivity contribution in [1.82, 2.24) is 0 Å². The summed E-state index contributed by atoms with van der Waals surface area (Å²) in [6.45, 7) is 23.6. The second-order valence-corrected chi connectivity index (χ2v) is 20.0. The van der Waals surface area contributed by atoms with E-state index < -0.39 is 0 Å². The van der Waals surface area contributed by atoms with E-state index in [1.807, 2.05) is 55.5 Å². The van der Waals surface area contributed by atoms with Gasteiger partial charge in [0.05, 0.1) is 0 Å². The fourth-order valence-electron chi connectivity index (χ4n) is 9.06. The maximum absolute atomic E-state index is 6.18. The number of nitrogens with zero attached hydrogens (tertiary/aromatic N) is 2. The van der Waals surface area contributed by atoms with E-state index in [2.05, 4.69) is 212 Å². The molecule has 2 nitrogen and oxygen atoms in total. The minimum Gasteiger partial charge on any atom is -0.310 e. The molecule has 0 aromatic heterocycles. The van der Waals surface area contributed by atoms with Gasteiger partial charge in [0.25, 0.3) is 0 Å². The molecule has 0 bridgehead atoms. The van der Waals surface area contributed by atoms with Crippen LogP contribution >= 0.6 is 34.8 Å². The highest BCUT2D eigenvalue weighted by Gasteiger charge is 2.21. The monoisotopic (exact) mass is 976 g/mol. The lowest BCUT2D eigenvalue weighted by molar-refractivity contribution is 1.20. The van der Waals surface area contributed by atoms with E-state index in [0.717, 1.165) is 43.3 Å². The number of halogens is 3. The largest absolute Gasteiger partial charge is 0.310 e. The van der Waals surface area contributed by atoms with Crippen molar-refractivity contribution in [2.45, 2.75) is 76.2 Å². The third kappa shape index (κ3) is 12.6. The summed E-state index contributed by atoms with van der Waals surface area (Å²) in [5, 5.41) is 2.30. The topological polar surface area (TPSA) is 6.48 Å². The zero-order valence-electron chi connectivity index (χ0n) is 42.3. The van der Waals surface area contributed by atoms with Gasteiger partial charge in [-0.2, -0.15) is 0 Å². The lowest BCUT2D eigenvalue weighted by Crippen LogP contribution is -2.14. The van der Waals surface area contributed by atoms with Gasteiger partial charge in [-0.3, -0.25) is 0 Å². The van der Waals surface area contributed by atoms with E-state index in [-0.39, 0.29) is 0 Å². The maximum Gasteiger partial charge on any atom is 0.0492 e. The average Bonchev–Trinajstić information content (AvgIpc) is 3.30.